The molecule has 0 radical (unpaired) electrons. The third-order valence-electron chi connectivity index (χ3n) is 4.80. The molecule has 5 aromatic rings. The van der Waals surface area contributed by atoms with E-state index in [0.717, 1.165) is 5.56 Å². The summed E-state index contributed by atoms with van der Waals surface area (Å²) in [5.41, 5.74) is 9.67. The van der Waals surface area contributed by atoms with E-state index in [-0.39, 0.29) is 17.1 Å². The lowest BCUT2D eigenvalue weighted by Gasteiger charge is -2.05. The zero-order valence-electron chi connectivity index (χ0n) is 15.3. The summed E-state index contributed by atoms with van der Waals surface area (Å²) in [5.74, 6) is 0.147. The van der Waals surface area contributed by atoms with Crippen molar-refractivity contribution in [2.45, 2.75) is 6.92 Å². The van der Waals surface area contributed by atoms with Crippen LogP contribution in [0, 0.1) is 18.3 Å². The van der Waals surface area contributed by atoms with Gasteiger partial charge in [0.25, 0.3) is 5.56 Å². The Morgan fingerprint density at radius 1 is 1.14 bits per heavy atom. The first-order chi connectivity index (χ1) is 14.1. The van der Waals surface area contributed by atoms with E-state index in [4.69, 9.17) is 10.2 Å². The molecule has 0 fully saturated rings. The third kappa shape index (κ3) is 2.41. The van der Waals surface area contributed by atoms with E-state index >= 15 is 0 Å². The molecule has 0 saturated carbocycles. The van der Waals surface area contributed by atoms with Crippen LogP contribution in [0.5, 0.6) is 0 Å². The number of nitrogens with one attached hydrogen (secondary N) is 1. The van der Waals surface area contributed by atoms with E-state index in [9.17, 15) is 10.1 Å². The number of hydrogen-bond acceptors (Lipinski definition) is 6. The van der Waals surface area contributed by atoms with Crippen molar-refractivity contribution in [3.8, 4) is 28.7 Å². The van der Waals surface area contributed by atoms with E-state index in [1.807, 2.05) is 30.3 Å². The quantitative estimate of drug-likeness (QED) is 0.451. The van der Waals surface area contributed by atoms with Crippen LogP contribution in [0.4, 0.5) is 5.69 Å². The molecule has 0 aliphatic rings. The Kier molecular flexibility index (Phi) is 3.51. The molecule has 3 aromatic heterocycles. The van der Waals surface area contributed by atoms with Gasteiger partial charge in [-0.05, 0) is 24.6 Å². The van der Waals surface area contributed by atoms with Crippen LogP contribution in [-0.4, -0.2) is 19.6 Å². The van der Waals surface area contributed by atoms with Crippen molar-refractivity contribution in [3.63, 3.8) is 0 Å². The summed E-state index contributed by atoms with van der Waals surface area (Å²) >= 11 is 0. The molecule has 0 amide bonds. The molecule has 29 heavy (non-hydrogen) atoms. The Bertz CT molecular complexity index is 1500. The number of fused-ring (bicyclic) bond motifs is 2. The van der Waals surface area contributed by atoms with Crippen molar-refractivity contribution in [2.24, 2.45) is 0 Å². The highest BCUT2D eigenvalue weighted by molar-refractivity contribution is 5.87. The van der Waals surface area contributed by atoms with Gasteiger partial charge in [0.1, 0.15) is 22.8 Å². The average Bonchev–Trinajstić information content (AvgIpc) is 3.31. The topological polar surface area (TPSA) is 126 Å². The van der Waals surface area contributed by atoms with Gasteiger partial charge < -0.3 is 15.1 Å². The number of hydrogen-bond donors (Lipinski definition) is 2. The minimum absolute atomic E-state index is 0.147. The molecule has 0 aliphatic carbocycles. The average molecular weight is 382 g/mol. The number of para-hydroxylation sites is 1. The molecule has 3 N–H and O–H groups in total. The Labute approximate surface area is 163 Å². The summed E-state index contributed by atoms with van der Waals surface area (Å²) in [6.07, 6.45) is 0. The Morgan fingerprint density at radius 2 is 1.93 bits per heavy atom. The number of nitrogens with two attached hydrogens (primary N) is 1. The molecular formula is C21H14N6O2. The van der Waals surface area contributed by atoms with Crippen LogP contribution in [0.1, 0.15) is 11.4 Å². The molecule has 0 atom stereocenters. The van der Waals surface area contributed by atoms with E-state index in [0.29, 0.717) is 33.7 Å². The second kappa shape index (κ2) is 6.07. The van der Waals surface area contributed by atoms with Crippen molar-refractivity contribution >= 4 is 22.4 Å². The number of nitriles is 1. The van der Waals surface area contributed by atoms with E-state index in [2.05, 4.69) is 21.1 Å². The predicted octanol–water partition coefficient (Wildman–Crippen LogP) is 3.26. The zero-order valence-corrected chi connectivity index (χ0v) is 15.3. The van der Waals surface area contributed by atoms with Crippen molar-refractivity contribution in [1.82, 2.24) is 19.6 Å². The van der Waals surface area contributed by atoms with E-state index in [1.54, 1.807) is 25.1 Å². The van der Waals surface area contributed by atoms with Crippen molar-refractivity contribution in [2.75, 3.05) is 5.73 Å². The minimum atomic E-state index is -0.431. The second-order valence-corrected chi connectivity index (χ2v) is 6.61. The van der Waals surface area contributed by atoms with Gasteiger partial charge in [-0.25, -0.2) is 4.98 Å². The molecule has 5 rings (SSSR count). The fourth-order valence-electron chi connectivity index (χ4n) is 3.47. The summed E-state index contributed by atoms with van der Waals surface area (Å²) in [6.45, 7) is 1.75. The summed E-state index contributed by atoms with van der Waals surface area (Å²) in [4.78, 5) is 20.9. The summed E-state index contributed by atoms with van der Waals surface area (Å²) in [6, 6.07) is 16.6. The number of aromatic nitrogens is 4. The van der Waals surface area contributed by atoms with Gasteiger partial charge in [-0.1, -0.05) is 36.4 Å². The number of nitrogen functional groups attached to an aromatic ring is 1. The van der Waals surface area contributed by atoms with Crippen LogP contribution in [0.2, 0.25) is 0 Å². The van der Waals surface area contributed by atoms with Crippen LogP contribution < -0.4 is 11.3 Å². The molecule has 0 saturated heterocycles. The number of rotatable bonds is 2. The summed E-state index contributed by atoms with van der Waals surface area (Å²) in [5, 5.41) is 13.8. The summed E-state index contributed by atoms with van der Waals surface area (Å²) < 4.78 is 6.96. The van der Waals surface area contributed by atoms with E-state index < -0.39 is 5.56 Å². The Hall–Kier alpha value is -4.38. The molecule has 3 heterocycles. The van der Waals surface area contributed by atoms with Crippen LogP contribution in [0.25, 0.3) is 39.3 Å². The van der Waals surface area contributed by atoms with Gasteiger partial charge in [0, 0.05) is 5.69 Å². The SMILES string of the molecule is Cc1[nH]c2c(-c3ccccc3)c(C#N)nn2c(=O)c1-c1nc2cccc(N)c2o1. The minimum Gasteiger partial charge on any atom is -0.434 e. The summed E-state index contributed by atoms with van der Waals surface area (Å²) in [7, 11) is 0. The maximum Gasteiger partial charge on any atom is 0.287 e. The molecule has 2 aromatic carbocycles. The van der Waals surface area contributed by atoms with Crippen LogP contribution in [-0.2, 0) is 0 Å². The lowest BCUT2D eigenvalue weighted by Crippen LogP contribution is -2.19. The van der Waals surface area contributed by atoms with Gasteiger partial charge in [0.15, 0.2) is 11.3 Å². The maximum absolute atomic E-state index is 13.3. The number of benzene rings is 2. The number of aryl methyl sites for hydroxylation is 1. The lowest BCUT2D eigenvalue weighted by atomic mass is 10.1. The van der Waals surface area contributed by atoms with Gasteiger partial charge in [-0.2, -0.15) is 14.9 Å². The van der Waals surface area contributed by atoms with Crippen molar-refractivity contribution < 1.29 is 4.42 Å². The highest BCUT2D eigenvalue weighted by atomic mass is 16.3. The van der Waals surface area contributed by atoms with Crippen LogP contribution in [0.15, 0.2) is 57.7 Å². The molecule has 0 unspecified atom stereocenters. The highest BCUT2D eigenvalue weighted by Gasteiger charge is 2.23. The van der Waals surface area contributed by atoms with Gasteiger partial charge in [-0.15, -0.1) is 0 Å². The number of anilines is 1. The normalized spacial score (nSPS) is 11.2. The molecule has 8 heteroatoms. The number of aromatic amines is 1. The lowest BCUT2D eigenvalue weighted by molar-refractivity contribution is 0.617. The first-order valence-electron chi connectivity index (χ1n) is 8.85. The fourth-order valence-corrected chi connectivity index (χ4v) is 3.47. The van der Waals surface area contributed by atoms with Gasteiger partial charge in [-0.3, -0.25) is 4.79 Å². The smallest absolute Gasteiger partial charge is 0.287 e. The third-order valence-corrected chi connectivity index (χ3v) is 4.80. The molecule has 0 bridgehead atoms. The number of oxazole rings is 1. The van der Waals surface area contributed by atoms with Crippen LogP contribution >= 0.6 is 0 Å². The standard InChI is InChI=1S/C21H14N6O2/c1-11-16(20-25-14-9-5-8-13(23)18(14)29-20)21(28)27-19(24-11)17(15(10-22)26-27)12-6-3-2-4-7-12/h2-9,24H,23H2,1H3. The zero-order chi connectivity index (χ0) is 20.1. The van der Waals surface area contributed by atoms with Crippen molar-refractivity contribution in [1.29, 1.82) is 5.26 Å². The monoisotopic (exact) mass is 382 g/mol. The molecular weight excluding hydrogens is 368 g/mol. The highest BCUT2D eigenvalue weighted by Crippen LogP contribution is 2.30. The fraction of sp³-hybridized carbons (Fsp3) is 0.0476. The second-order valence-electron chi connectivity index (χ2n) is 6.61. The largest absolute Gasteiger partial charge is 0.434 e. The number of nitrogens with zero attached hydrogens (tertiary/aromatic N) is 4. The molecule has 0 spiro atoms. The van der Waals surface area contributed by atoms with Crippen LogP contribution in [0.3, 0.4) is 0 Å². The number of H-pyrrole nitrogens is 1. The maximum atomic E-state index is 13.3. The van der Waals surface area contributed by atoms with Crippen molar-refractivity contribution in [3.05, 3.63) is 70.3 Å². The first-order valence-corrected chi connectivity index (χ1v) is 8.85. The van der Waals surface area contributed by atoms with Gasteiger partial charge >= 0.3 is 0 Å². The van der Waals surface area contributed by atoms with Gasteiger partial charge in [0.05, 0.1) is 11.3 Å². The molecule has 140 valence electrons. The predicted molar refractivity (Wildman–Crippen MR) is 108 cm³/mol. The molecule has 8 nitrogen and oxygen atoms in total. The Balaban J connectivity index is 1.82. The van der Waals surface area contributed by atoms with E-state index in [1.165, 1.54) is 4.52 Å². The Morgan fingerprint density at radius 3 is 2.66 bits per heavy atom. The van der Waals surface area contributed by atoms with Gasteiger partial charge in [0.2, 0.25) is 5.89 Å². The first kappa shape index (κ1) is 16.8. The molecule has 0 aliphatic heterocycles.